The predicted octanol–water partition coefficient (Wildman–Crippen LogP) is 0.875. The maximum Gasteiger partial charge on any atom is 0.126 e. The van der Waals surface area contributed by atoms with Crippen LogP contribution in [0.1, 0.15) is 26.2 Å². The van der Waals surface area contributed by atoms with Crippen LogP contribution in [0.15, 0.2) is 0 Å². The monoisotopic (exact) mass is 139 g/mol. The molecule has 1 saturated carbocycles. The van der Waals surface area contributed by atoms with Crippen molar-refractivity contribution in [3.63, 3.8) is 0 Å². The van der Waals surface area contributed by atoms with E-state index in [9.17, 15) is 0 Å². The third kappa shape index (κ3) is 0.372. The zero-order chi connectivity index (χ0) is 6.82. The van der Waals surface area contributed by atoms with Crippen LogP contribution in [0.25, 0.3) is 0 Å². The summed E-state index contributed by atoms with van der Waals surface area (Å²) in [5.74, 6) is 0.874. The fourth-order valence-corrected chi connectivity index (χ4v) is 2.66. The number of fused-ring (bicyclic) bond motifs is 2. The first-order valence-electron chi connectivity index (χ1n) is 4.25. The van der Waals surface area contributed by atoms with Crippen molar-refractivity contribution in [3.05, 3.63) is 0 Å². The van der Waals surface area contributed by atoms with Gasteiger partial charge in [-0.25, -0.2) is 0 Å². The van der Waals surface area contributed by atoms with Crippen molar-refractivity contribution in [1.82, 2.24) is 5.32 Å². The average Bonchev–Trinajstić information content (AvgIpc) is 2.37. The largest absolute Gasteiger partial charge is 0.360 e. The molecule has 0 aromatic heterocycles. The maximum atomic E-state index is 5.52. The first kappa shape index (κ1) is 5.56. The lowest BCUT2D eigenvalue weighted by Crippen LogP contribution is -2.71. The lowest BCUT2D eigenvalue weighted by molar-refractivity contribution is -0.229. The minimum Gasteiger partial charge on any atom is -0.360 e. The number of rotatable bonds is 1. The molecule has 0 radical (unpaired) electrons. The Morgan fingerprint density at radius 1 is 1.70 bits per heavy atom. The van der Waals surface area contributed by atoms with Gasteiger partial charge in [0, 0.05) is 17.9 Å². The highest BCUT2D eigenvalue weighted by Crippen LogP contribution is 2.65. The minimum atomic E-state index is 0.190. The Bertz CT molecular complexity index is 188. The summed E-state index contributed by atoms with van der Waals surface area (Å²) in [5, 5.41) is 3.57. The molecule has 1 N–H and O–H groups in total. The lowest BCUT2D eigenvalue weighted by Gasteiger charge is -2.53. The van der Waals surface area contributed by atoms with Crippen LogP contribution in [-0.4, -0.2) is 17.9 Å². The van der Waals surface area contributed by atoms with Crippen molar-refractivity contribution in [2.45, 2.75) is 37.5 Å². The van der Waals surface area contributed by atoms with E-state index in [4.69, 9.17) is 4.74 Å². The summed E-state index contributed by atoms with van der Waals surface area (Å²) in [5.41, 5.74) is 0.733. The van der Waals surface area contributed by atoms with Gasteiger partial charge in [0.1, 0.15) is 5.72 Å². The SMILES string of the molecule is CCC12CC1[C@]1(CCO1)N2. The van der Waals surface area contributed by atoms with Gasteiger partial charge in [0.15, 0.2) is 0 Å². The van der Waals surface area contributed by atoms with Crippen molar-refractivity contribution in [3.8, 4) is 0 Å². The zero-order valence-electron chi connectivity index (χ0n) is 6.31. The summed E-state index contributed by atoms with van der Waals surface area (Å²) < 4.78 is 5.52. The van der Waals surface area contributed by atoms with Crippen LogP contribution in [0.5, 0.6) is 0 Å². The Labute approximate surface area is 60.9 Å². The maximum absolute atomic E-state index is 5.52. The van der Waals surface area contributed by atoms with E-state index in [1.165, 1.54) is 19.3 Å². The zero-order valence-corrected chi connectivity index (χ0v) is 6.31. The highest BCUT2D eigenvalue weighted by atomic mass is 16.5. The van der Waals surface area contributed by atoms with Gasteiger partial charge in [0.2, 0.25) is 0 Å². The van der Waals surface area contributed by atoms with Crippen molar-refractivity contribution in [2.75, 3.05) is 6.61 Å². The quantitative estimate of drug-likeness (QED) is 0.582. The smallest absolute Gasteiger partial charge is 0.126 e. The molecule has 3 atom stereocenters. The van der Waals surface area contributed by atoms with E-state index in [1.807, 2.05) is 0 Å². The van der Waals surface area contributed by atoms with Gasteiger partial charge in [-0.3, -0.25) is 5.32 Å². The Morgan fingerprint density at radius 2 is 2.50 bits per heavy atom. The standard InChI is InChI=1S/C8H13NO/c1-2-7-5-6(7)8(9-7)3-4-10-8/h6,9H,2-5H2,1H3/t6?,7?,8-/m1/s1. The second-order valence-electron chi connectivity index (χ2n) is 3.88. The van der Waals surface area contributed by atoms with Gasteiger partial charge >= 0.3 is 0 Å². The highest BCUT2D eigenvalue weighted by molar-refractivity contribution is 5.29. The van der Waals surface area contributed by atoms with Gasteiger partial charge in [0.05, 0.1) is 6.61 Å². The van der Waals surface area contributed by atoms with Gasteiger partial charge in [-0.15, -0.1) is 0 Å². The molecule has 2 aliphatic heterocycles. The first-order valence-corrected chi connectivity index (χ1v) is 4.25. The lowest BCUT2D eigenvalue weighted by atomic mass is 9.85. The molecule has 2 unspecified atom stereocenters. The Hall–Kier alpha value is -0.0800. The molecule has 0 bridgehead atoms. The van der Waals surface area contributed by atoms with Crippen LogP contribution in [0.2, 0.25) is 0 Å². The topological polar surface area (TPSA) is 21.3 Å². The molecule has 2 nitrogen and oxygen atoms in total. The fraction of sp³-hybridized carbons (Fsp3) is 1.00. The molecule has 0 aromatic rings. The molecule has 56 valence electrons. The van der Waals surface area contributed by atoms with Gasteiger partial charge < -0.3 is 4.74 Å². The van der Waals surface area contributed by atoms with Crippen molar-refractivity contribution < 1.29 is 4.74 Å². The number of hydrogen-bond donors (Lipinski definition) is 1. The van der Waals surface area contributed by atoms with E-state index in [0.717, 1.165) is 12.5 Å². The van der Waals surface area contributed by atoms with E-state index < -0.39 is 0 Å². The van der Waals surface area contributed by atoms with Gasteiger partial charge in [0.25, 0.3) is 0 Å². The molecule has 0 amide bonds. The average molecular weight is 139 g/mol. The molecule has 3 fully saturated rings. The van der Waals surface area contributed by atoms with E-state index in [-0.39, 0.29) is 5.72 Å². The van der Waals surface area contributed by atoms with Crippen molar-refractivity contribution in [1.29, 1.82) is 0 Å². The summed E-state index contributed by atoms with van der Waals surface area (Å²) in [6.07, 6.45) is 3.89. The summed E-state index contributed by atoms with van der Waals surface area (Å²) in [6.45, 7) is 3.24. The van der Waals surface area contributed by atoms with Gasteiger partial charge in [-0.2, -0.15) is 0 Å². The molecule has 1 aliphatic carbocycles. The summed E-state index contributed by atoms with van der Waals surface area (Å²) >= 11 is 0. The van der Waals surface area contributed by atoms with Crippen molar-refractivity contribution in [2.24, 2.45) is 5.92 Å². The summed E-state index contributed by atoms with van der Waals surface area (Å²) in [7, 11) is 0. The molecular formula is C8H13NO. The predicted molar refractivity (Wildman–Crippen MR) is 37.6 cm³/mol. The minimum absolute atomic E-state index is 0.190. The number of nitrogens with one attached hydrogen (secondary N) is 1. The highest BCUT2D eigenvalue weighted by Gasteiger charge is 2.76. The van der Waals surface area contributed by atoms with E-state index in [1.54, 1.807) is 0 Å². The molecule has 1 spiro atoms. The Balaban J connectivity index is 1.79. The molecule has 0 aromatic carbocycles. The molecule has 2 saturated heterocycles. The van der Waals surface area contributed by atoms with E-state index >= 15 is 0 Å². The van der Waals surface area contributed by atoms with Crippen LogP contribution in [0.3, 0.4) is 0 Å². The first-order chi connectivity index (χ1) is 4.81. The van der Waals surface area contributed by atoms with Gasteiger partial charge in [-0.1, -0.05) is 6.92 Å². The molecule has 2 heteroatoms. The Morgan fingerprint density at radius 3 is 2.80 bits per heavy atom. The third-order valence-electron chi connectivity index (χ3n) is 3.56. The Kier molecular flexibility index (Phi) is 0.710. The van der Waals surface area contributed by atoms with Gasteiger partial charge in [-0.05, 0) is 12.8 Å². The molecule has 10 heavy (non-hydrogen) atoms. The molecule has 3 rings (SSSR count). The second kappa shape index (κ2) is 1.28. The normalized spacial score (nSPS) is 62.7. The molecular weight excluding hydrogens is 126 g/mol. The summed E-state index contributed by atoms with van der Waals surface area (Å²) in [4.78, 5) is 0. The van der Waals surface area contributed by atoms with Crippen LogP contribution >= 0.6 is 0 Å². The number of ether oxygens (including phenoxy) is 1. The van der Waals surface area contributed by atoms with Crippen LogP contribution < -0.4 is 5.32 Å². The van der Waals surface area contributed by atoms with Crippen molar-refractivity contribution >= 4 is 0 Å². The second-order valence-corrected chi connectivity index (χ2v) is 3.88. The van der Waals surface area contributed by atoms with Crippen LogP contribution in [0, 0.1) is 5.92 Å². The van der Waals surface area contributed by atoms with E-state index in [0.29, 0.717) is 5.54 Å². The number of hydrogen-bond acceptors (Lipinski definition) is 2. The summed E-state index contributed by atoms with van der Waals surface area (Å²) in [6, 6.07) is 0. The van der Waals surface area contributed by atoms with Crippen LogP contribution in [0.4, 0.5) is 0 Å². The third-order valence-corrected chi connectivity index (χ3v) is 3.56. The van der Waals surface area contributed by atoms with Crippen LogP contribution in [-0.2, 0) is 4.74 Å². The molecule has 2 heterocycles. The fourth-order valence-electron chi connectivity index (χ4n) is 2.66. The van der Waals surface area contributed by atoms with E-state index in [2.05, 4.69) is 12.2 Å². The molecule has 3 aliphatic rings.